The van der Waals surface area contributed by atoms with Gasteiger partial charge in [0, 0.05) is 19.9 Å². The van der Waals surface area contributed by atoms with Gasteiger partial charge in [0.25, 0.3) is 0 Å². The molecular weight excluding hydrogens is 174 g/mol. The SMILES string of the molecule is CN1C(=O)CCC(=O)[C@]1(C)C(=O)O. The van der Waals surface area contributed by atoms with Crippen molar-refractivity contribution in [2.24, 2.45) is 0 Å². The maximum atomic E-state index is 11.3. The predicted molar refractivity (Wildman–Crippen MR) is 43.1 cm³/mol. The first kappa shape index (κ1) is 9.70. The van der Waals surface area contributed by atoms with Gasteiger partial charge >= 0.3 is 5.97 Å². The topological polar surface area (TPSA) is 74.7 Å². The molecule has 1 saturated heterocycles. The summed E-state index contributed by atoms with van der Waals surface area (Å²) >= 11 is 0. The highest BCUT2D eigenvalue weighted by molar-refractivity contribution is 6.12. The molecule has 0 unspecified atom stereocenters. The van der Waals surface area contributed by atoms with E-state index < -0.39 is 17.3 Å². The Hall–Kier alpha value is -1.39. The van der Waals surface area contributed by atoms with Crippen LogP contribution in [0, 0.1) is 0 Å². The number of rotatable bonds is 1. The van der Waals surface area contributed by atoms with Gasteiger partial charge in [-0.25, -0.2) is 4.79 Å². The fraction of sp³-hybridized carbons (Fsp3) is 0.625. The van der Waals surface area contributed by atoms with Crippen molar-refractivity contribution in [3.63, 3.8) is 0 Å². The minimum Gasteiger partial charge on any atom is -0.479 e. The number of likely N-dealkylation sites (N-methyl/N-ethyl adjacent to an activating group) is 1. The Morgan fingerprint density at radius 3 is 2.38 bits per heavy atom. The van der Waals surface area contributed by atoms with Gasteiger partial charge in [-0.1, -0.05) is 0 Å². The number of carboxylic acids is 1. The molecule has 0 bridgehead atoms. The number of amides is 1. The fourth-order valence-corrected chi connectivity index (χ4v) is 1.33. The van der Waals surface area contributed by atoms with Gasteiger partial charge in [-0.2, -0.15) is 0 Å². The summed E-state index contributed by atoms with van der Waals surface area (Å²) in [5.74, 6) is -1.99. The molecule has 0 radical (unpaired) electrons. The molecule has 1 N–H and O–H groups in total. The quantitative estimate of drug-likeness (QED) is 0.566. The largest absolute Gasteiger partial charge is 0.479 e. The van der Waals surface area contributed by atoms with Crippen LogP contribution in [-0.2, 0) is 14.4 Å². The summed E-state index contributed by atoms with van der Waals surface area (Å²) in [6.07, 6.45) is 0.129. The minimum atomic E-state index is -1.67. The van der Waals surface area contributed by atoms with Crippen LogP contribution in [0.25, 0.3) is 0 Å². The smallest absolute Gasteiger partial charge is 0.337 e. The Kier molecular flexibility index (Phi) is 2.11. The van der Waals surface area contributed by atoms with Crippen molar-refractivity contribution >= 4 is 17.7 Å². The van der Waals surface area contributed by atoms with Crippen LogP contribution in [0.15, 0.2) is 0 Å². The first-order valence-electron chi connectivity index (χ1n) is 3.94. The molecule has 1 rings (SSSR count). The maximum Gasteiger partial charge on any atom is 0.337 e. The zero-order valence-electron chi connectivity index (χ0n) is 7.53. The Balaban J connectivity index is 3.09. The lowest BCUT2D eigenvalue weighted by atomic mass is 9.87. The van der Waals surface area contributed by atoms with Crippen LogP contribution in [0.5, 0.6) is 0 Å². The lowest BCUT2D eigenvalue weighted by molar-refractivity contribution is -0.165. The van der Waals surface area contributed by atoms with Crippen LogP contribution < -0.4 is 0 Å². The first-order chi connectivity index (χ1) is 5.90. The van der Waals surface area contributed by atoms with Crippen molar-refractivity contribution in [3.8, 4) is 0 Å². The van der Waals surface area contributed by atoms with Gasteiger partial charge in [0.2, 0.25) is 5.91 Å². The Morgan fingerprint density at radius 1 is 1.46 bits per heavy atom. The Labute approximate surface area is 75.3 Å². The third-order valence-electron chi connectivity index (χ3n) is 2.57. The van der Waals surface area contributed by atoms with Gasteiger partial charge in [-0.15, -0.1) is 0 Å². The lowest BCUT2D eigenvalue weighted by Gasteiger charge is -2.37. The van der Waals surface area contributed by atoms with Crippen molar-refractivity contribution in [1.29, 1.82) is 0 Å². The van der Waals surface area contributed by atoms with E-state index in [1.165, 1.54) is 14.0 Å². The third kappa shape index (κ3) is 1.20. The van der Waals surface area contributed by atoms with Gasteiger partial charge in [-0.05, 0) is 6.92 Å². The van der Waals surface area contributed by atoms with E-state index in [0.29, 0.717) is 0 Å². The van der Waals surface area contributed by atoms with E-state index in [-0.39, 0.29) is 18.7 Å². The molecule has 1 fully saturated rings. The molecule has 0 saturated carbocycles. The highest BCUT2D eigenvalue weighted by atomic mass is 16.4. The van der Waals surface area contributed by atoms with Crippen molar-refractivity contribution in [2.75, 3.05) is 7.05 Å². The normalized spacial score (nSPS) is 29.2. The van der Waals surface area contributed by atoms with Crippen molar-refractivity contribution in [2.45, 2.75) is 25.3 Å². The fourth-order valence-electron chi connectivity index (χ4n) is 1.33. The zero-order valence-corrected chi connectivity index (χ0v) is 7.53. The van der Waals surface area contributed by atoms with Crippen LogP contribution in [0.4, 0.5) is 0 Å². The van der Waals surface area contributed by atoms with Crippen molar-refractivity contribution in [3.05, 3.63) is 0 Å². The molecule has 1 atom stereocenters. The monoisotopic (exact) mass is 185 g/mol. The van der Waals surface area contributed by atoms with Gasteiger partial charge in [0.1, 0.15) is 0 Å². The second kappa shape index (κ2) is 2.83. The van der Waals surface area contributed by atoms with E-state index in [1.807, 2.05) is 0 Å². The van der Waals surface area contributed by atoms with Gasteiger partial charge in [-0.3, -0.25) is 9.59 Å². The van der Waals surface area contributed by atoms with Crippen molar-refractivity contribution < 1.29 is 19.5 Å². The number of nitrogens with zero attached hydrogens (tertiary/aromatic N) is 1. The Bertz CT molecular complexity index is 286. The Morgan fingerprint density at radius 2 is 2.00 bits per heavy atom. The molecule has 1 aliphatic heterocycles. The number of aliphatic carboxylic acids is 1. The van der Waals surface area contributed by atoms with Crippen LogP contribution in [-0.4, -0.2) is 40.3 Å². The number of likely N-dealkylation sites (tertiary alicyclic amines) is 1. The zero-order chi connectivity index (χ0) is 10.2. The standard InChI is InChI=1S/C8H11NO4/c1-8(7(12)13)5(10)3-4-6(11)9(8)2/h3-4H2,1-2H3,(H,12,13)/t8-/m1/s1. The molecule has 0 aromatic carbocycles. The molecule has 0 aliphatic carbocycles. The lowest BCUT2D eigenvalue weighted by Crippen LogP contribution is -2.61. The molecule has 1 aliphatic rings. The molecule has 5 heteroatoms. The number of carbonyl (C=O) groups is 3. The molecule has 1 amide bonds. The number of hydrogen-bond donors (Lipinski definition) is 1. The number of piperidine rings is 1. The number of carbonyl (C=O) groups excluding carboxylic acids is 2. The molecule has 0 spiro atoms. The van der Waals surface area contributed by atoms with Gasteiger partial charge < -0.3 is 10.0 Å². The van der Waals surface area contributed by atoms with Gasteiger partial charge in [0.15, 0.2) is 11.3 Å². The second-order valence-electron chi connectivity index (χ2n) is 3.25. The van der Waals surface area contributed by atoms with Crippen molar-refractivity contribution in [1.82, 2.24) is 4.90 Å². The van der Waals surface area contributed by atoms with E-state index in [2.05, 4.69) is 0 Å². The molecule has 13 heavy (non-hydrogen) atoms. The van der Waals surface area contributed by atoms with E-state index in [1.54, 1.807) is 0 Å². The number of Topliss-reactive ketones (excluding diaryl/α,β-unsaturated/α-hetero) is 1. The molecule has 0 aromatic heterocycles. The summed E-state index contributed by atoms with van der Waals surface area (Å²) in [5.41, 5.74) is -1.67. The predicted octanol–water partition coefficient (Wildman–Crippen LogP) is -0.349. The van der Waals surface area contributed by atoms with Crippen LogP contribution in [0.3, 0.4) is 0 Å². The molecule has 5 nitrogen and oxygen atoms in total. The summed E-state index contributed by atoms with van der Waals surface area (Å²) in [4.78, 5) is 34.3. The number of ketones is 1. The number of carboxylic acid groups (broad SMARTS) is 1. The van der Waals surface area contributed by atoms with E-state index in [4.69, 9.17) is 5.11 Å². The molecule has 1 heterocycles. The molecular formula is C8H11NO4. The highest BCUT2D eigenvalue weighted by Gasteiger charge is 2.49. The van der Waals surface area contributed by atoms with Crippen LogP contribution in [0.1, 0.15) is 19.8 Å². The average molecular weight is 185 g/mol. The van der Waals surface area contributed by atoms with Gasteiger partial charge in [0.05, 0.1) is 0 Å². The second-order valence-corrected chi connectivity index (χ2v) is 3.25. The number of hydrogen-bond acceptors (Lipinski definition) is 3. The third-order valence-corrected chi connectivity index (χ3v) is 2.57. The van der Waals surface area contributed by atoms with E-state index >= 15 is 0 Å². The van der Waals surface area contributed by atoms with E-state index in [0.717, 1.165) is 4.90 Å². The maximum absolute atomic E-state index is 11.3. The summed E-state index contributed by atoms with van der Waals surface area (Å²) in [5, 5.41) is 8.84. The average Bonchev–Trinajstić information content (AvgIpc) is 2.08. The van der Waals surface area contributed by atoms with Crippen LogP contribution >= 0.6 is 0 Å². The summed E-state index contributed by atoms with van der Waals surface area (Å²) in [7, 11) is 1.34. The molecule has 72 valence electrons. The van der Waals surface area contributed by atoms with Crippen LogP contribution in [0.2, 0.25) is 0 Å². The highest BCUT2D eigenvalue weighted by Crippen LogP contribution is 2.24. The minimum absolute atomic E-state index is 0.0198. The van der Waals surface area contributed by atoms with E-state index in [9.17, 15) is 14.4 Å². The first-order valence-corrected chi connectivity index (χ1v) is 3.94. The summed E-state index contributed by atoms with van der Waals surface area (Å²) < 4.78 is 0. The summed E-state index contributed by atoms with van der Waals surface area (Å²) in [6.45, 7) is 1.26. The summed E-state index contributed by atoms with van der Waals surface area (Å²) in [6, 6.07) is 0. The molecule has 0 aromatic rings.